The van der Waals surface area contributed by atoms with Gasteiger partial charge in [0.15, 0.2) is 11.6 Å². The number of ether oxygens (including phenoxy) is 1. The van der Waals surface area contributed by atoms with E-state index < -0.39 is 6.36 Å². The highest BCUT2D eigenvalue weighted by Crippen LogP contribution is 2.26. The first kappa shape index (κ1) is 21.5. The van der Waals surface area contributed by atoms with Gasteiger partial charge in [-0.2, -0.15) is 5.10 Å². The molecule has 0 saturated carbocycles. The van der Waals surface area contributed by atoms with Gasteiger partial charge in [-0.15, -0.1) is 23.4 Å². The van der Waals surface area contributed by atoms with Gasteiger partial charge in [-0.1, -0.05) is 18.2 Å². The first-order chi connectivity index (χ1) is 15.4. The van der Waals surface area contributed by atoms with Crippen LogP contribution >= 0.6 is 0 Å². The largest absolute Gasteiger partial charge is 0.573 e. The summed E-state index contributed by atoms with van der Waals surface area (Å²) in [4.78, 5) is 18.5. The number of hydrogen-bond donors (Lipinski definition) is 1. The molecule has 1 aliphatic rings. The van der Waals surface area contributed by atoms with Crippen LogP contribution in [0.3, 0.4) is 0 Å². The SMILES string of the molecule is O=C(NCc1ccccc1OC(F)(F)F)C1CCCN(c2ccc(-n3cncn3)nn2)C1. The van der Waals surface area contributed by atoms with Gasteiger partial charge in [-0.3, -0.25) is 4.79 Å². The molecule has 0 spiro atoms. The predicted molar refractivity (Wildman–Crippen MR) is 107 cm³/mol. The average Bonchev–Trinajstić information content (AvgIpc) is 3.32. The van der Waals surface area contributed by atoms with Crippen molar-refractivity contribution in [3.8, 4) is 11.6 Å². The van der Waals surface area contributed by atoms with E-state index in [4.69, 9.17) is 0 Å². The summed E-state index contributed by atoms with van der Waals surface area (Å²) >= 11 is 0. The highest BCUT2D eigenvalue weighted by atomic mass is 19.4. The van der Waals surface area contributed by atoms with E-state index in [-0.39, 0.29) is 29.7 Å². The summed E-state index contributed by atoms with van der Waals surface area (Å²) in [6.07, 6.45) is -0.430. The third-order valence-electron chi connectivity index (χ3n) is 5.06. The number of aromatic nitrogens is 5. The predicted octanol–water partition coefficient (Wildman–Crippen LogP) is 2.49. The van der Waals surface area contributed by atoms with E-state index in [0.29, 0.717) is 24.6 Å². The first-order valence-electron chi connectivity index (χ1n) is 9.94. The lowest BCUT2D eigenvalue weighted by molar-refractivity contribution is -0.274. The van der Waals surface area contributed by atoms with Gasteiger partial charge in [0.2, 0.25) is 5.91 Å². The van der Waals surface area contributed by atoms with E-state index in [1.165, 1.54) is 35.5 Å². The monoisotopic (exact) mass is 447 g/mol. The number of carbonyl (C=O) groups excluding carboxylic acids is 1. The fraction of sp³-hybridized carbons (Fsp3) is 0.350. The van der Waals surface area contributed by atoms with Crippen LogP contribution in [0.1, 0.15) is 18.4 Å². The van der Waals surface area contributed by atoms with E-state index in [1.54, 1.807) is 18.2 Å². The van der Waals surface area contributed by atoms with Crippen molar-refractivity contribution in [1.29, 1.82) is 0 Å². The zero-order valence-corrected chi connectivity index (χ0v) is 16.9. The number of anilines is 1. The topological polar surface area (TPSA) is 98.1 Å². The second-order valence-electron chi connectivity index (χ2n) is 7.25. The van der Waals surface area contributed by atoms with Crippen molar-refractivity contribution in [1.82, 2.24) is 30.3 Å². The number of rotatable bonds is 6. The maximum absolute atomic E-state index is 12.7. The van der Waals surface area contributed by atoms with Gasteiger partial charge in [-0.05, 0) is 31.0 Å². The Morgan fingerprint density at radius 1 is 1.16 bits per heavy atom. The van der Waals surface area contributed by atoms with Crippen LogP contribution < -0.4 is 15.0 Å². The molecule has 1 atom stereocenters. The normalized spacial score (nSPS) is 16.6. The molecule has 1 aromatic carbocycles. The van der Waals surface area contributed by atoms with Gasteiger partial charge >= 0.3 is 6.36 Å². The maximum Gasteiger partial charge on any atom is 0.573 e. The van der Waals surface area contributed by atoms with Crippen LogP contribution in [0, 0.1) is 5.92 Å². The number of nitrogens with zero attached hydrogens (tertiary/aromatic N) is 6. The lowest BCUT2D eigenvalue weighted by Crippen LogP contribution is -2.43. The number of carbonyl (C=O) groups is 1. The molecule has 3 heterocycles. The Hall–Kier alpha value is -3.70. The van der Waals surface area contributed by atoms with E-state index in [2.05, 4.69) is 30.3 Å². The number of amides is 1. The minimum atomic E-state index is -4.80. The van der Waals surface area contributed by atoms with Crippen molar-refractivity contribution in [2.75, 3.05) is 18.0 Å². The van der Waals surface area contributed by atoms with Crippen molar-refractivity contribution in [2.24, 2.45) is 5.92 Å². The zero-order chi connectivity index (χ0) is 22.6. The second-order valence-corrected chi connectivity index (χ2v) is 7.25. The van der Waals surface area contributed by atoms with Crippen LogP contribution in [0.25, 0.3) is 5.82 Å². The highest BCUT2D eigenvalue weighted by molar-refractivity contribution is 5.79. The molecule has 0 aliphatic carbocycles. The molecule has 2 aromatic heterocycles. The first-order valence-corrected chi connectivity index (χ1v) is 9.94. The summed E-state index contributed by atoms with van der Waals surface area (Å²) in [6.45, 7) is 1.10. The van der Waals surface area contributed by atoms with Gasteiger partial charge in [0.1, 0.15) is 18.4 Å². The highest BCUT2D eigenvalue weighted by Gasteiger charge is 2.32. The number of alkyl halides is 3. The van der Waals surface area contributed by atoms with E-state index in [1.807, 2.05) is 4.90 Å². The second kappa shape index (κ2) is 9.20. The molecule has 1 N–H and O–H groups in total. The molecule has 0 radical (unpaired) electrons. The van der Waals surface area contributed by atoms with Gasteiger partial charge < -0.3 is 15.0 Å². The molecule has 1 saturated heterocycles. The van der Waals surface area contributed by atoms with Crippen LogP contribution in [0.4, 0.5) is 19.0 Å². The molecule has 1 amide bonds. The number of hydrogen-bond acceptors (Lipinski definition) is 7. The molecule has 4 rings (SSSR count). The Morgan fingerprint density at radius 2 is 1.94 bits per heavy atom. The Bertz CT molecular complexity index is 1040. The lowest BCUT2D eigenvalue weighted by atomic mass is 9.97. The van der Waals surface area contributed by atoms with E-state index in [9.17, 15) is 18.0 Å². The molecule has 1 unspecified atom stereocenters. The van der Waals surface area contributed by atoms with Crippen molar-refractivity contribution in [3.63, 3.8) is 0 Å². The third kappa shape index (κ3) is 5.31. The minimum absolute atomic E-state index is 0.0615. The van der Waals surface area contributed by atoms with Gasteiger partial charge in [0.05, 0.1) is 5.92 Å². The summed E-state index contributed by atoms with van der Waals surface area (Å²) in [5.41, 5.74) is 0.250. The van der Waals surface area contributed by atoms with E-state index >= 15 is 0 Å². The Labute approximate surface area is 181 Å². The summed E-state index contributed by atoms with van der Waals surface area (Å²) in [5, 5.41) is 15.1. The molecular formula is C20H20F3N7O2. The van der Waals surface area contributed by atoms with E-state index in [0.717, 1.165) is 13.0 Å². The molecule has 9 nitrogen and oxygen atoms in total. The fourth-order valence-corrected chi connectivity index (χ4v) is 3.54. The van der Waals surface area contributed by atoms with Crippen LogP contribution in [-0.2, 0) is 11.3 Å². The fourth-order valence-electron chi connectivity index (χ4n) is 3.54. The molecule has 1 fully saturated rings. The van der Waals surface area contributed by atoms with Crippen molar-refractivity contribution in [2.45, 2.75) is 25.7 Å². The van der Waals surface area contributed by atoms with Crippen LogP contribution in [-0.4, -0.2) is 50.3 Å². The summed E-state index contributed by atoms with van der Waals surface area (Å²) < 4.78 is 43.3. The van der Waals surface area contributed by atoms with Gasteiger partial charge in [0, 0.05) is 25.2 Å². The standard InChI is InChI=1S/C20H20F3N7O2/c21-20(22,23)32-16-6-2-1-4-14(16)10-25-19(31)15-5-3-9-29(11-15)17-7-8-18(28-27-17)30-13-24-12-26-30/h1-2,4,6-8,12-13,15H,3,5,9-11H2,(H,25,31). The van der Waals surface area contributed by atoms with Crippen molar-refractivity contribution >= 4 is 11.7 Å². The average molecular weight is 447 g/mol. The Kier molecular flexibility index (Phi) is 6.19. The van der Waals surface area contributed by atoms with Gasteiger partial charge in [0.25, 0.3) is 0 Å². The molecule has 168 valence electrons. The van der Waals surface area contributed by atoms with Crippen LogP contribution in [0.2, 0.25) is 0 Å². The lowest BCUT2D eigenvalue weighted by Gasteiger charge is -2.32. The number of benzene rings is 1. The molecule has 12 heteroatoms. The summed E-state index contributed by atoms with van der Waals surface area (Å²) in [6, 6.07) is 9.31. The summed E-state index contributed by atoms with van der Waals surface area (Å²) in [5.74, 6) is 0.279. The Morgan fingerprint density at radius 3 is 2.66 bits per heavy atom. The number of para-hydroxylation sites is 1. The molecule has 32 heavy (non-hydrogen) atoms. The molecule has 3 aromatic rings. The summed E-state index contributed by atoms with van der Waals surface area (Å²) in [7, 11) is 0. The van der Waals surface area contributed by atoms with Crippen molar-refractivity contribution in [3.05, 3.63) is 54.6 Å². The smallest absolute Gasteiger partial charge is 0.405 e. The molecule has 1 aliphatic heterocycles. The third-order valence-corrected chi connectivity index (χ3v) is 5.06. The quantitative estimate of drug-likeness (QED) is 0.620. The molecular weight excluding hydrogens is 427 g/mol. The maximum atomic E-state index is 12.7. The minimum Gasteiger partial charge on any atom is -0.405 e. The zero-order valence-electron chi connectivity index (χ0n) is 16.9. The van der Waals surface area contributed by atoms with Crippen molar-refractivity contribution < 1.29 is 22.7 Å². The number of piperidine rings is 1. The molecule has 0 bridgehead atoms. The number of nitrogens with one attached hydrogen (secondary N) is 1. The number of halogens is 3. The van der Waals surface area contributed by atoms with Crippen LogP contribution in [0.5, 0.6) is 5.75 Å². The van der Waals surface area contributed by atoms with Crippen LogP contribution in [0.15, 0.2) is 49.1 Å². The Balaban J connectivity index is 1.36. The van der Waals surface area contributed by atoms with Gasteiger partial charge in [-0.25, -0.2) is 9.67 Å².